The van der Waals surface area contributed by atoms with Crippen LogP contribution in [0.5, 0.6) is 0 Å². The number of nitrogens with one attached hydrogen (secondary N) is 1. The number of pyridine rings is 1. The van der Waals surface area contributed by atoms with Crippen LogP contribution in [0.2, 0.25) is 0 Å². The van der Waals surface area contributed by atoms with E-state index in [1.165, 1.54) is 0 Å². The van der Waals surface area contributed by atoms with E-state index in [1.807, 2.05) is 78.9 Å². The minimum Gasteiger partial charge on any atom is -0.337 e. The number of nitrogens with zero attached hydrogens (tertiary/aromatic N) is 3. The quantitative estimate of drug-likeness (QED) is 0.606. The summed E-state index contributed by atoms with van der Waals surface area (Å²) in [6, 6.07) is 24.8. The Kier molecular flexibility index (Phi) is 7.76. The van der Waals surface area contributed by atoms with Crippen LogP contribution in [0.1, 0.15) is 29.3 Å². The number of urea groups is 1. The number of amides is 3. The van der Waals surface area contributed by atoms with Gasteiger partial charge in [-0.15, -0.1) is 0 Å². The number of carbonyl (C=O) groups excluding carboxylic acids is 2. The molecule has 31 heavy (non-hydrogen) atoms. The first-order valence-electron chi connectivity index (χ1n) is 10.3. The SMILES string of the molecule is CN(Cc1ccccc1)C(=O)NCCC(=O)N(C)C(c1ccccc1)c1ccccn1. The van der Waals surface area contributed by atoms with Crippen molar-refractivity contribution >= 4 is 11.9 Å². The molecule has 0 fully saturated rings. The van der Waals surface area contributed by atoms with E-state index in [-0.39, 0.29) is 30.9 Å². The summed E-state index contributed by atoms with van der Waals surface area (Å²) in [5.41, 5.74) is 2.84. The lowest BCUT2D eigenvalue weighted by Gasteiger charge is -2.28. The van der Waals surface area contributed by atoms with Crippen molar-refractivity contribution in [3.63, 3.8) is 0 Å². The van der Waals surface area contributed by atoms with Gasteiger partial charge in [0, 0.05) is 39.8 Å². The lowest BCUT2D eigenvalue weighted by molar-refractivity contribution is -0.131. The summed E-state index contributed by atoms with van der Waals surface area (Å²) in [5, 5.41) is 2.83. The molecule has 3 rings (SSSR count). The molecule has 1 unspecified atom stereocenters. The van der Waals surface area contributed by atoms with Crippen LogP contribution in [-0.4, -0.2) is 47.4 Å². The van der Waals surface area contributed by atoms with E-state index in [4.69, 9.17) is 0 Å². The summed E-state index contributed by atoms with van der Waals surface area (Å²) in [4.78, 5) is 33.0. The molecule has 0 bridgehead atoms. The molecule has 1 heterocycles. The van der Waals surface area contributed by atoms with Crippen LogP contribution >= 0.6 is 0 Å². The fourth-order valence-corrected chi connectivity index (χ4v) is 3.43. The predicted molar refractivity (Wildman–Crippen MR) is 121 cm³/mol. The summed E-state index contributed by atoms with van der Waals surface area (Å²) in [7, 11) is 3.51. The van der Waals surface area contributed by atoms with Crippen LogP contribution in [0.3, 0.4) is 0 Å². The van der Waals surface area contributed by atoms with Gasteiger partial charge in [0.15, 0.2) is 0 Å². The number of rotatable bonds is 8. The van der Waals surface area contributed by atoms with Crippen LogP contribution in [0.15, 0.2) is 85.1 Å². The summed E-state index contributed by atoms with van der Waals surface area (Å²) in [6.45, 7) is 0.779. The molecule has 0 saturated heterocycles. The minimum atomic E-state index is -0.286. The molecule has 0 saturated carbocycles. The molecular weight excluding hydrogens is 388 g/mol. The highest BCUT2D eigenvalue weighted by atomic mass is 16.2. The maximum absolute atomic E-state index is 12.9. The van der Waals surface area contributed by atoms with Crippen LogP contribution in [0, 0.1) is 0 Å². The van der Waals surface area contributed by atoms with Crippen LogP contribution in [0.4, 0.5) is 4.79 Å². The van der Waals surface area contributed by atoms with Crippen molar-refractivity contribution in [2.24, 2.45) is 0 Å². The summed E-state index contributed by atoms with van der Waals surface area (Å²) >= 11 is 0. The number of benzene rings is 2. The summed E-state index contributed by atoms with van der Waals surface area (Å²) in [6.07, 6.45) is 1.93. The fourth-order valence-electron chi connectivity index (χ4n) is 3.43. The average Bonchev–Trinajstić information content (AvgIpc) is 2.81. The second kappa shape index (κ2) is 10.9. The molecule has 1 aromatic heterocycles. The standard InChI is InChI=1S/C25H28N4O2/c1-28(19-20-11-5-3-6-12-20)25(31)27-18-16-23(30)29(2)24(21-13-7-4-8-14-21)22-15-9-10-17-26-22/h3-15,17,24H,16,18-19H2,1-2H3,(H,27,31). The van der Waals surface area contributed by atoms with Gasteiger partial charge in [-0.05, 0) is 23.3 Å². The highest BCUT2D eigenvalue weighted by Gasteiger charge is 2.24. The smallest absolute Gasteiger partial charge is 0.317 e. The second-order valence-electron chi connectivity index (χ2n) is 7.40. The Morgan fingerprint density at radius 3 is 2.19 bits per heavy atom. The lowest BCUT2D eigenvalue weighted by atomic mass is 10.0. The third-order valence-corrected chi connectivity index (χ3v) is 5.09. The van der Waals surface area contributed by atoms with Gasteiger partial charge in [-0.25, -0.2) is 4.79 Å². The molecule has 1 atom stereocenters. The Morgan fingerprint density at radius 2 is 1.55 bits per heavy atom. The Balaban J connectivity index is 1.57. The van der Waals surface area contributed by atoms with Gasteiger partial charge >= 0.3 is 6.03 Å². The first-order chi connectivity index (χ1) is 15.1. The molecule has 2 aromatic carbocycles. The van der Waals surface area contributed by atoms with Gasteiger partial charge in [0.2, 0.25) is 5.91 Å². The van der Waals surface area contributed by atoms with Crippen molar-refractivity contribution in [3.05, 3.63) is 102 Å². The maximum Gasteiger partial charge on any atom is 0.317 e. The molecule has 3 amide bonds. The number of aromatic nitrogens is 1. The van der Waals surface area contributed by atoms with E-state index in [0.29, 0.717) is 6.54 Å². The van der Waals surface area contributed by atoms with Crippen molar-refractivity contribution in [3.8, 4) is 0 Å². The van der Waals surface area contributed by atoms with Gasteiger partial charge in [-0.2, -0.15) is 0 Å². The van der Waals surface area contributed by atoms with Crippen molar-refractivity contribution in [2.45, 2.75) is 19.0 Å². The van der Waals surface area contributed by atoms with E-state index in [9.17, 15) is 9.59 Å². The Labute approximate surface area is 183 Å². The van der Waals surface area contributed by atoms with Gasteiger partial charge < -0.3 is 15.1 Å². The molecule has 0 aliphatic carbocycles. The average molecular weight is 417 g/mol. The molecule has 0 aliphatic heterocycles. The highest BCUT2D eigenvalue weighted by Crippen LogP contribution is 2.26. The zero-order valence-corrected chi connectivity index (χ0v) is 17.9. The highest BCUT2D eigenvalue weighted by molar-refractivity contribution is 5.78. The van der Waals surface area contributed by atoms with Crippen molar-refractivity contribution in [1.82, 2.24) is 20.1 Å². The largest absolute Gasteiger partial charge is 0.337 e. The fraction of sp³-hybridized carbons (Fsp3) is 0.240. The molecule has 6 heteroatoms. The third-order valence-electron chi connectivity index (χ3n) is 5.09. The number of carbonyl (C=O) groups is 2. The first-order valence-corrected chi connectivity index (χ1v) is 10.3. The monoisotopic (exact) mass is 416 g/mol. The van der Waals surface area contributed by atoms with E-state index in [2.05, 4.69) is 10.3 Å². The molecule has 0 aliphatic rings. The maximum atomic E-state index is 12.9. The van der Waals surface area contributed by atoms with Gasteiger partial charge in [0.25, 0.3) is 0 Å². The molecular formula is C25H28N4O2. The molecule has 0 radical (unpaired) electrons. The zero-order valence-electron chi connectivity index (χ0n) is 17.9. The topological polar surface area (TPSA) is 65.5 Å². The van der Waals surface area contributed by atoms with Crippen molar-refractivity contribution < 1.29 is 9.59 Å². The van der Waals surface area contributed by atoms with Gasteiger partial charge in [-0.1, -0.05) is 66.7 Å². The molecule has 1 N–H and O–H groups in total. The van der Waals surface area contributed by atoms with E-state index < -0.39 is 0 Å². The van der Waals surface area contributed by atoms with Gasteiger partial charge in [0.1, 0.15) is 0 Å². The molecule has 6 nitrogen and oxygen atoms in total. The summed E-state index contributed by atoms with van der Waals surface area (Å²) < 4.78 is 0. The third kappa shape index (κ3) is 6.15. The number of hydrogen-bond acceptors (Lipinski definition) is 3. The molecule has 0 spiro atoms. The van der Waals surface area contributed by atoms with E-state index >= 15 is 0 Å². The lowest BCUT2D eigenvalue weighted by Crippen LogP contribution is -2.39. The van der Waals surface area contributed by atoms with Crippen molar-refractivity contribution in [2.75, 3.05) is 20.6 Å². The van der Waals surface area contributed by atoms with Crippen LogP contribution in [0.25, 0.3) is 0 Å². The Morgan fingerprint density at radius 1 is 0.903 bits per heavy atom. The predicted octanol–water partition coefficient (Wildman–Crippen LogP) is 3.86. The van der Waals surface area contributed by atoms with E-state index in [1.54, 1.807) is 30.1 Å². The summed E-state index contributed by atoms with van der Waals surface area (Å²) in [5.74, 6) is -0.0643. The first kappa shape index (κ1) is 22.0. The van der Waals surface area contributed by atoms with Crippen LogP contribution in [-0.2, 0) is 11.3 Å². The zero-order chi connectivity index (χ0) is 22.1. The Bertz CT molecular complexity index is 925. The number of hydrogen-bond donors (Lipinski definition) is 1. The normalized spacial score (nSPS) is 11.4. The van der Waals surface area contributed by atoms with E-state index in [0.717, 1.165) is 16.8 Å². The van der Waals surface area contributed by atoms with Gasteiger partial charge in [-0.3, -0.25) is 9.78 Å². The second-order valence-corrected chi connectivity index (χ2v) is 7.40. The van der Waals surface area contributed by atoms with Gasteiger partial charge in [0.05, 0.1) is 11.7 Å². The molecule has 160 valence electrons. The Hall–Kier alpha value is -3.67. The minimum absolute atomic E-state index is 0.0643. The van der Waals surface area contributed by atoms with Crippen molar-refractivity contribution in [1.29, 1.82) is 0 Å². The molecule has 3 aromatic rings. The van der Waals surface area contributed by atoms with Crippen LogP contribution < -0.4 is 5.32 Å².